The van der Waals surface area contributed by atoms with E-state index in [1.807, 2.05) is 7.05 Å². The molecule has 2 heterocycles. The number of nitrogens with zero attached hydrogens (tertiary/aromatic N) is 2. The Morgan fingerprint density at radius 1 is 1.35 bits per heavy atom. The molecule has 0 fully saturated rings. The molecule has 1 aliphatic carbocycles. The maximum Gasteiger partial charge on any atom is 0.270 e. The Morgan fingerprint density at radius 2 is 2.15 bits per heavy atom. The Bertz CT molecular complexity index is 966. The number of aromatic amines is 1. The Morgan fingerprint density at radius 3 is 3.00 bits per heavy atom. The van der Waals surface area contributed by atoms with Gasteiger partial charge in [-0.05, 0) is 57.1 Å². The second-order valence-corrected chi connectivity index (χ2v) is 7.49. The van der Waals surface area contributed by atoms with E-state index in [9.17, 15) is 4.79 Å². The van der Waals surface area contributed by atoms with Crippen molar-refractivity contribution in [2.24, 2.45) is 7.05 Å². The average Bonchev–Trinajstić information content (AvgIpc) is 3.16. The van der Waals surface area contributed by atoms with Crippen molar-refractivity contribution in [1.29, 1.82) is 0 Å². The number of H-pyrrole nitrogens is 1. The minimum Gasteiger partial charge on any atom is -0.361 e. The molecule has 1 atom stereocenters. The summed E-state index contributed by atoms with van der Waals surface area (Å²) in [5, 5.41) is 8.97. The molecule has 5 heteroatoms. The second kappa shape index (κ2) is 6.63. The SMILES string of the molecule is Cc1cccc2c(C[C@@H](C)NC(=O)c3c4c(nn3C)CCCC4)c[nH]c12. The first-order valence-corrected chi connectivity index (χ1v) is 9.45. The number of carbonyl (C=O) groups excluding carboxylic acids is 1. The maximum absolute atomic E-state index is 12.9. The van der Waals surface area contributed by atoms with Crippen LogP contribution >= 0.6 is 0 Å². The molecule has 3 aromatic rings. The third-order valence-electron chi connectivity index (χ3n) is 5.45. The van der Waals surface area contributed by atoms with Crippen LogP contribution in [0.25, 0.3) is 10.9 Å². The molecule has 2 aromatic heterocycles. The van der Waals surface area contributed by atoms with E-state index in [1.54, 1.807) is 4.68 Å². The standard InChI is InChI=1S/C21H26N4O/c1-13-7-6-9-16-15(12-22-19(13)16)11-14(2)23-21(26)20-17-8-4-5-10-18(17)24-25(20)3/h6-7,9,12,14,22H,4-5,8,10-11H2,1-3H3,(H,23,26)/t14-/m1/s1. The summed E-state index contributed by atoms with van der Waals surface area (Å²) in [5.41, 5.74) is 6.65. The molecular formula is C21H26N4O. The predicted molar refractivity (Wildman–Crippen MR) is 104 cm³/mol. The van der Waals surface area contributed by atoms with Crippen molar-refractivity contribution in [3.63, 3.8) is 0 Å². The lowest BCUT2D eigenvalue weighted by Gasteiger charge is -2.16. The predicted octanol–water partition coefficient (Wildman–Crippen LogP) is 3.45. The van der Waals surface area contributed by atoms with Crippen LogP contribution in [0.5, 0.6) is 0 Å². The molecule has 2 N–H and O–H groups in total. The molecule has 5 nitrogen and oxygen atoms in total. The minimum atomic E-state index is -0.00771. The quantitative estimate of drug-likeness (QED) is 0.757. The lowest BCUT2D eigenvalue weighted by molar-refractivity contribution is 0.0929. The molecule has 136 valence electrons. The summed E-state index contributed by atoms with van der Waals surface area (Å²) in [4.78, 5) is 16.2. The lowest BCUT2D eigenvalue weighted by Crippen LogP contribution is -2.35. The molecule has 0 spiro atoms. The zero-order chi connectivity index (χ0) is 18.3. The van der Waals surface area contributed by atoms with Gasteiger partial charge in [-0.15, -0.1) is 0 Å². The Hall–Kier alpha value is -2.56. The third kappa shape index (κ3) is 2.91. The van der Waals surface area contributed by atoms with Crippen LogP contribution in [0.4, 0.5) is 0 Å². The van der Waals surface area contributed by atoms with Gasteiger partial charge < -0.3 is 10.3 Å². The number of aromatic nitrogens is 3. The Kier molecular flexibility index (Phi) is 4.31. The zero-order valence-corrected chi connectivity index (χ0v) is 15.7. The smallest absolute Gasteiger partial charge is 0.270 e. The number of carbonyl (C=O) groups is 1. The van der Waals surface area contributed by atoms with Crippen molar-refractivity contribution < 1.29 is 4.79 Å². The molecule has 4 rings (SSSR count). The largest absolute Gasteiger partial charge is 0.361 e. The molecule has 0 bridgehead atoms. The van der Waals surface area contributed by atoms with Gasteiger partial charge in [-0.25, -0.2) is 0 Å². The molecule has 0 unspecified atom stereocenters. The highest BCUT2D eigenvalue weighted by molar-refractivity contribution is 5.94. The first-order valence-electron chi connectivity index (χ1n) is 9.45. The normalized spacial score (nSPS) is 15.0. The van der Waals surface area contributed by atoms with Crippen molar-refractivity contribution in [2.45, 2.75) is 52.0 Å². The number of nitrogens with one attached hydrogen (secondary N) is 2. The number of hydrogen-bond donors (Lipinski definition) is 2. The third-order valence-corrected chi connectivity index (χ3v) is 5.45. The monoisotopic (exact) mass is 350 g/mol. The average molecular weight is 350 g/mol. The van der Waals surface area contributed by atoms with Crippen molar-refractivity contribution in [2.75, 3.05) is 0 Å². The number of amides is 1. The van der Waals surface area contributed by atoms with Crippen LogP contribution in [-0.4, -0.2) is 26.7 Å². The second-order valence-electron chi connectivity index (χ2n) is 7.49. The van der Waals surface area contributed by atoms with E-state index in [2.05, 4.69) is 53.6 Å². The van der Waals surface area contributed by atoms with Gasteiger partial charge in [-0.3, -0.25) is 9.48 Å². The fourth-order valence-electron chi connectivity index (χ4n) is 4.17. The highest BCUT2D eigenvalue weighted by Crippen LogP contribution is 2.24. The first-order chi connectivity index (χ1) is 12.5. The van der Waals surface area contributed by atoms with Crippen molar-refractivity contribution in [3.8, 4) is 0 Å². The lowest BCUT2D eigenvalue weighted by atomic mass is 9.95. The summed E-state index contributed by atoms with van der Waals surface area (Å²) >= 11 is 0. The van der Waals surface area contributed by atoms with Gasteiger partial charge in [0.05, 0.1) is 5.69 Å². The maximum atomic E-state index is 12.9. The summed E-state index contributed by atoms with van der Waals surface area (Å²) in [7, 11) is 1.88. The van der Waals surface area contributed by atoms with Crippen LogP contribution in [0.3, 0.4) is 0 Å². The van der Waals surface area contributed by atoms with Crippen LogP contribution in [0, 0.1) is 6.92 Å². The van der Waals surface area contributed by atoms with Gasteiger partial charge in [0.1, 0.15) is 5.69 Å². The van der Waals surface area contributed by atoms with Crippen LogP contribution in [0.1, 0.15) is 52.6 Å². The van der Waals surface area contributed by atoms with Crippen LogP contribution < -0.4 is 5.32 Å². The molecule has 0 saturated carbocycles. The van der Waals surface area contributed by atoms with Crippen LogP contribution in [-0.2, 0) is 26.3 Å². The van der Waals surface area contributed by atoms with E-state index < -0.39 is 0 Å². The van der Waals surface area contributed by atoms with Gasteiger partial charge in [0.2, 0.25) is 0 Å². The van der Waals surface area contributed by atoms with E-state index >= 15 is 0 Å². The van der Waals surface area contributed by atoms with Crippen LogP contribution in [0.15, 0.2) is 24.4 Å². The molecule has 1 aromatic carbocycles. The molecular weight excluding hydrogens is 324 g/mol. The Labute approximate surface area is 153 Å². The number of aryl methyl sites for hydroxylation is 3. The van der Waals surface area contributed by atoms with Gasteiger partial charge >= 0.3 is 0 Å². The molecule has 26 heavy (non-hydrogen) atoms. The molecule has 0 saturated heterocycles. The summed E-state index contributed by atoms with van der Waals surface area (Å²) in [6.07, 6.45) is 7.12. The molecule has 0 radical (unpaired) electrons. The summed E-state index contributed by atoms with van der Waals surface area (Å²) in [6, 6.07) is 6.39. The van der Waals surface area contributed by atoms with Crippen molar-refractivity contribution >= 4 is 16.8 Å². The fraction of sp³-hybridized carbons (Fsp3) is 0.429. The Balaban J connectivity index is 1.51. The highest BCUT2D eigenvalue weighted by Gasteiger charge is 2.24. The number of fused-ring (bicyclic) bond motifs is 2. The molecule has 1 amide bonds. The van der Waals surface area contributed by atoms with Crippen molar-refractivity contribution in [1.82, 2.24) is 20.1 Å². The first kappa shape index (κ1) is 16.9. The van der Waals surface area contributed by atoms with Crippen LogP contribution in [0.2, 0.25) is 0 Å². The minimum absolute atomic E-state index is 0.00771. The molecule has 1 aliphatic rings. The zero-order valence-electron chi connectivity index (χ0n) is 15.7. The van der Waals surface area contributed by atoms with Gasteiger partial charge in [-0.1, -0.05) is 18.2 Å². The highest BCUT2D eigenvalue weighted by atomic mass is 16.2. The summed E-state index contributed by atoms with van der Waals surface area (Å²) < 4.78 is 1.76. The van der Waals surface area contributed by atoms with E-state index in [4.69, 9.17) is 0 Å². The van der Waals surface area contributed by atoms with E-state index in [-0.39, 0.29) is 11.9 Å². The number of hydrogen-bond acceptors (Lipinski definition) is 2. The van der Waals surface area contributed by atoms with Gasteiger partial charge in [0.15, 0.2) is 0 Å². The van der Waals surface area contributed by atoms with E-state index in [1.165, 1.54) is 28.5 Å². The number of para-hydroxylation sites is 1. The summed E-state index contributed by atoms with van der Waals surface area (Å²) in [6.45, 7) is 4.18. The number of rotatable bonds is 4. The molecule has 0 aliphatic heterocycles. The van der Waals surface area contributed by atoms with Gasteiger partial charge in [-0.2, -0.15) is 5.10 Å². The van der Waals surface area contributed by atoms with Crippen molar-refractivity contribution in [3.05, 3.63) is 52.5 Å². The van der Waals surface area contributed by atoms with E-state index in [0.717, 1.165) is 42.6 Å². The fourth-order valence-corrected chi connectivity index (χ4v) is 4.17. The topological polar surface area (TPSA) is 62.7 Å². The van der Waals surface area contributed by atoms with Gasteiger partial charge in [0.25, 0.3) is 5.91 Å². The van der Waals surface area contributed by atoms with E-state index in [0.29, 0.717) is 0 Å². The number of benzene rings is 1. The summed E-state index contributed by atoms with van der Waals surface area (Å²) in [5.74, 6) is -0.00771. The van der Waals surface area contributed by atoms with Gasteiger partial charge in [0, 0.05) is 35.8 Å².